The Balaban J connectivity index is 0.000000490. The van der Waals surface area contributed by atoms with Gasteiger partial charge in [-0.2, -0.15) is 0 Å². The van der Waals surface area contributed by atoms with Crippen LogP contribution in [0.3, 0.4) is 0 Å². The van der Waals surface area contributed by atoms with Gasteiger partial charge < -0.3 is 5.11 Å². The van der Waals surface area contributed by atoms with E-state index in [1.165, 1.54) is 12.1 Å². The van der Waals surface area contributed by atoms with Gasteiger partial charge in [0, 0.05) is 0 Å². The third-order valence-corrected chi connectivity index (χ3v) is 0.743. The minimum atomic E-state index is 0. The largest absolute Gasteiger partial charge is 1.00 e. The van der Waals surface area contributed by atoms with Crippen LogP contribution in [-0.2, 0) is 0 Å². The smallest absolute Gasteiger partial charge is 0.872 e. The topological polar surface area (TPSA) is 23.1 Å². The number of rotatable bonds is 0. The SMILES string of the molecule is [K+].[O-]c1ccccc1. The van der Waals surface area contributed by atoms with Gasteiger partial charge in [0.1, 0.15) is 0 Å². The second-order valence-corrected chi connectivity index (χ2v) is 1.31. The minimum Gasteiger partial charge on any atom is -0.872 e. The number of benzene rings is 1. The zero-order valence-corrected chi connectivity index (χ0v) is 7.92. The molecule has 0 saturated heterocycles. The monoisotopic (exact) mass is 132 g/mol. The van der Waals surface area contributed by atoms with Crippen LogP contribution in [0.25, 0.3) is 0 Å². The summed E-state index contributed by atoms with van der Waals surface area (Å²) in [6.45, 7) is 0. The van der Waals surface area contributed by atoms with Crippen LogP contribution in [0.2, 0.25) is 0 Å². The van der Waals surface area contributed by atoms with Gasteiger partial charge >= 0.3 is 51.4 Å². The number of hydrogen-bond donors (Lipinski definition) is 0. The standard InChI is InChI=1S/C6H6O.K/c7-6-4-2-1-3-5-6;/h1-5,7H;/q;+1/p-1. The predicted molar refractivity (Wildman–Crippen MR) is 25.9 cm³/mol. The molecule has 0 radical (unpaired) electrons. The van der Waals surface area contributed by atoms with E-state index in [4.69, 9.17) is 0 Å². The normalized spacial score (nSPS) is 7.50. The fourth-order valence-corrected chi connectivity index (χ4v) is 0.420. The van der Waals surface area contributed by atoms with Crippen molar-refractivity contribution in [1.82, 2.24) is 0 Å². The molecular weight excluding hydrogens is 127 g/mol. The zero-order chi connectivity index (χ0) is 5.11. The van der Waals surface area contributed by atoms with E-state index in [2.05, 4.69) is 0 Å². The summed E-state index contributed by atoms with van der Waals surface area (Å²) in [5.74, 6) is 0.0718. The Morgan fingerprint density at radius 1 is 1.00 bits per heavy atom. The van der Waals surface area contributed by atoms with Gasteiger partial charge in [0.25, 0.3) is 0 Å². The van der Waals surface area contributed by atoms with Crippen LogP contribution >= 0.6 is 0 Å². The predicted octanol–water partition coefficient (Wildman–Crippen LogP) is -2.24. The van der Waals surface area contributed by atoms with Crippen LogP contribution in [0.15, 0.2) is 30.3 Å². The van der Waals surface area contributed by atoms with Crippen molar-refractivity contribution in [3.8, 4) is 5.75 Å². The molecule has 0 spiro atoms. The summed E-state index contributed by atoms with van der Waals surface area (Å²) in [5.41, 5.74) is 0. The van der Waals surface area contributed by atoms with Crippen LogP contribution in [0.4, 0.5) is 0 Å². The summed E-state index contributed by atoms with van der Waals surface area (Å²) < 4.78 is 0. The molecule has 0 aliphatic heterocycles. The summed E-state index contributed by atoms with van der Waals surface area (Å²) in [6, 6.07) is 8.33. The Hall–Kier alpha value is 0.656. The molecule has 0 aliphatic rings. The summed E-state index contributed by atoms with van der Waals surface area (Å²) in [6.07, 6.45) is 0. The maximum Gasteiger partial charge on any atom is 1.00 e. The molecule has 8 heavy (non-hydrogen) atoms. The van der Waals surface area contributed by atoms with Gasteiger partial charge in [0.15, 0.2) is 0 Å². The van der Waals surface area contributed by atoms with Crippen molar-refractivity contribution in [2.24, 2.45) is 0 Å². The molecular formula is C6H5KO. The second-order valence-electron chi connectivity index (χ2n) is 1.31. The Labute approximate surface area is 91.1 Å². The fourth-order valence-electron chi connectivity index (χ4n) is 0.420. The van der Waals surface area contributed by atoms with Crippen LogP contribution in [0, 0.1) is 0 Å². The van der Waals surface area contributed by atoms with Crippen LogP contribution < -0.4 is 56.5 Å². The molecule has 1 aromatic rings. The minimum absolute atomic E-state index is 0. The van der Waals surface area contributed by atoms with Crippen LogP contribution in [0.1, 0.15) is 0 Å². The van der Waals surface area contributed by atoms with Crippen molar-refractivity contribution in [2.75, 3.05) is 0 Å². The van der Waals surface area contributed by atoms with E-state index >= 15 is 0 Å². The molecule has 2 heteroatoms. The molecule has 0 aliphatic carbocycles. The first-order chi connectivity index (χ1) is 3.39. The van der Waals surface area contributed by atoms with Crippen molar-refractivity contribution >= 4 is 0 Å². The molecule has 1 aromatic carbocycles. The zero-order valence-electron chi connectivity index (χ0n) is 4.79. The number of para-hydroxylation sites is 1. The van der Waals surface area contributed by atoms with Crippen LogP contribution in [0.5, 0.6) is 5.75 Å². The summed E-state index contributed by atoms with van der Waals surface area (Å²) in [7, 11) is 0. The van der Waals surface area contributed by atoms with Gasteiger partial charge in [-0.1, -0.05) is 30.3 Å². The van der Waals surface area contributed by atoms with E-state index in [9.17, 15) is 5.11 Å². The maximum absolute atomic E-state index is 10.3. The van der Waals surface area contributed by atoms with E-state index < -0.39 is 0 Å². The molecule has 0 amide bonds. The van der Waals surface area contributed by atoms with E-state index in [0.29, 0.717) is 0 Å². The molecule has 0 unspecified atom stereocenters. The summed E-state index contributed by atoms with van der Waals surface area (Å²) in [5, 5.41) is 10.3. The average Bonchev–Trinajstić information content (AvgIpc) is 1.69. The van der Waals surface area contributed by atoms with Gasteiger partial charge in [0.2, 0.25) is 0 Å². The van der Waals surface area contributed by atoms with Gasteiger partial charge in [-0.25, -0.2) is 0 Å². The first kappa shape index (κ1) is 8.66. The molecule has 0 fully saturated rings. The molecule has 36 valence electrons. The van der Waals surface area contributed by atoms with E-state index in [1.807, 2.05) is 6.07 Å². The van der Waals surface area contributed by atoms with Crippen molar-refractivity contribution in [2.45, 2.75) is 0 Å². The van der Waals surface area contributed by atoms with Gasteiger partial charge in [0.05, 0.1) is 0 Å². The third kappa shape index (κ3) is 2.84. The molecule has 0 aromatic heterocycles. The Kier molecular flexibility index (Phi) is 4.90. The average molecular weight is 132 g/mol. The molecule has 0 atom stereocenters. The van der Waals surface area contributed by atoms with Gasteiger partial charge in [-0.3, -0.25) is 0 Å². The van der Waals surface area contributed by atoms with Crippen molar-refractivity contribution < 1.29 is 56.5 Å². The fraction of sp³-hybridized carbons (Fsp3) is 0. The quantitative estimate of drug-likeness (QED) is 0.366. The molecule has 0 bridgehead atoms. The summed E-state index contributed by atoms with van der Waals surface area (Å²) in [4.78, 5) is 0. The first-order valence-corrected chi connectivity index (χ1v) is 2.11. The summed E-state index contributed by atoms with van der Waals surface area (Å²) >= 11 is 0. The molecule has 1 nitrogen and oxygen atoms in total. The van der Waals surface area contributed by atoms with Crippen molar-refractivity contribution in [1.29, 1.82) is 0 Å². The molecule has 1 rings (SSSR count). The van der Waals surface area contributed by atoms with Gasteiger partial charge in [-0.05, 0) is 0 Å². The maximum atomic E-state index is 10.3. The Bertz CT molecular complexity index is 138. The Morgan fingerprint density at radius 3 is 1.75 bits per heavy atom. The first-order valence-electron chi connectivity index (χ1n) is 2.11. The van der Waals surface area contributed by atoms with Crippen molar-refractivity contribution in [3.05, 3.63) is 30.3 Å². The van der Waals surface area contributed by atoms with Crippen molar-refractivity contribution in [3.63, 3.8) is 0 Å². The van der Waals surface area contributed by atoms with Gasteiger partial charge in [-0.15, -0.1) is 5.75 Å². The second kappa shape index (κ2) is 4.53. The molecule has 0 saturated carbocycles. The number of hydrogen-bond acceptors (Lipinski definition) is 1. The molecule has 0 heterocycles. The molecule has 0 N–H and O–H groups in total. The third-order valence-electron chi connectivity index (χ3n) is 0.743. The van der Waals surface area contributed by atoms with E-state index in [1.54, 1.807) is 12.1 Å². The van der Waals surface area contributed by atoms with E-state index in [0.717, 1.165) is 0 Å². The van der Waals surface area contributed by atoms with E-state index in [-0.39, 0.29) is 57.1 Å². The Morgan fingerprint density at radius 2 is 1.50 bits per heavy atom. The van der Waals surface area contributed by atoms with Crippen LogP contribution in [-0.4, -0.2) is 0 Å².